The molecule has 0 radical (unpaired) electrons. The number of halogens is 1. The van der Waals surface area contributed by atoms with E-state index in [2.05, 4.69) is 6.92 Å². The highest BCUT2D eigenvalue weighted by Gasteiger charge is 2.27. The van der Waals surface area contributed by atoms with Crippen molar-refractivity contribution in [2.75, 3.05) is 6.61 Å². The average molecular weight is 336 g/mol. The molecule has 5 nitrogen and oxygen atoms in total. The summed E-state index contributed by atoms with van der Waals surface area (Å²) in [7, 11) is 0. The zero-order valence-corrected chi connectivity index (χ0v) is 13.6. The van der Waals surface area contributed by atoms with Crippen molar-refractivity contribution in [3.8, 4) is 5.75 Å². The molecule has 6 heteroatoms. The Bertz CT molecular complexity index is 823. The van der Waals surface area contributed by atoms with E-state index in [9.17, 15) is 14.7 Å². The minimum atomic E-state index is -1.22. The normalized spacial score (nSPS) is 14.2. The highest BCUT2D eigenvalue weighted by atomic mass is 35.5. The molecule has 2 aromatic rings. The number of rotatable bonds is 6. The third kappa shape index (κ3) is 3.06. The fourth-order valence-corrected chi connectivity index (χ4v) is 2.81. The molecule has 3 rings (SSSR count). The van der Waals surface area contributed by atoms with E-state index in [0.717, 1.165) is 25.7 Å². The lowest BCUT2D eigenvalue weighted by Gasteiger charge is -2.14. The number of hydrogen-bond donors (Lipinski definition) is 1. The topological polar surface area (TPSA) is 68.5 Å². The molecular weight excluding hydrogens is 318 g/mol. The predicted octanol–water partition coefficient (Wildman–Crippen LogP) is 3.87. The van der Waals surface area contributed by atoms with Crippen LogP contribution in [0.3, 0.4) is 0 Å². The Hall–Kier alpha value is -2.01. The fraction of sp³-hybridized carbons (Fsp3) is 0.412. The smallest absolute Gasteiger partial charge is 0.341 e. The Morgan fingerprint density at radius 2 is 2.17 bits per heavy atom. The number of carboxylic acids is 1. The minimum absolute atomic E-state index is 0.222. The maximum absolute atomic E-state index is 12.4. The largest absolute Gasteiger partial charge is 0.492 e. The van der Waals surface area contributed by atoms with Crippen LogP contribution in [0.5, 0.6) is 5.75 Å². The van der Waals surface area contributed by atoms with Gasteiger partial charge in [-0.2, -0.15) is 0 Å². The standard InChI is InChI=1S/C17H18ClNO4/c1-2-3-6-23-15-8-14-11(7-13(15)18)16(20)12(17(21)22)9-19(14)10-4-5-10/h7-10H,2-6H2,1H3,(H,21,22). The van der Waals surface area contributed by atoms with Gasteiger partial charge in [-0.05, 0) is 25.3 Å². The predicted molar refractivity (Wildman–Crippen MR) is 88.9 cm³/mol. The number of pyridine rings is 1. The Morgan fingerprint density at radius 3 is 2.78 bits per heavy atom. The number of aromatic carboxylic acids is 1. The van der Waals surface area contributed by atoms with Crippen LogP contribution in [-0.4, -0.2) is 22.2 Å². The van der Waals surface area contributed by atoms with Crippen molar-refractivity contribution >= 4 is 28.5 Å². The SMILES string of the molecule is CCCCOc1cc2c(cc1Cl)c(=O)c(C(=O)O)cn2C1CC1. The van der Waals surface area contributed by atoms with Crippen LogP contribution in [-0.2, 0) is 0 Å². The molecule has 1 heterocycles. The van der Waals surface area contributed by atoms with Gasteiger partial charge in [0.15, 0.2) is 0 Å². The molecule has 1 aliphatic rings. The lowest BCUT2D eigenvalue weighted by atomic mass is 10.1. The molecule has 1 N–H and O–H groups in total. The van der Waals surface area contributed by atoms with Gasteiger partial charge in [0.05, 0.1) is 17.1 Å². The third-order valence-electron chi connectivity index (χ3n) is 4.01. The number of hydrogen-bond acceptors (Lipinski definition) is 3. The number of fused-ring (bicyclic) bond motifs is 1. The van der Waals surface area contributed by atoms with Gasteiger partial charge in [-0.1, -0.05) is 24.9 Å². The highest BCUT2D eigenvalue weighted by Crippen LogP contribution is 2.38. The van der Waals surface area contributed by atoms with E-state index in [4.69, 9.17) is 16.3 Å². The lowest BCUT2D eigenvalue weighted by Crippen LogP contribution is -2.18. The summed E-state index contributed by atoms with van der Waals surface area (Å²) in [5.41, 5.74) is -0.0510. The first-order valence-corrected chi connectivity index (χ1v) is 8.15. The summed E-state index contributed by atoms with van der Waals surface area (Å²) in [6.45, 7) is 2.63. The van der Waals surface area contributed by atoms with Gasteiger partial charge in [0.1, 0.15) is 11.3 Å². The van der Waals surface area contributed by atoms with Crippen molar-refractivity contribution in [2.24, 2.45) is 0 Å². The fourth-order valence-electron chi connectivity index (χ4n) is 2.59. The zero-order valence-electron chi connectivity index (χ0n) is 12.8. The Labute approximate surface area is 138 Å². The van der Waals surface area contributed by atoms with E-state index in [1.807, 2.05) is 4.57 Å². The monoisotopic (exact) mass is 335 g/mol. The second-order valence-electron chi connectivity index (χ2n) is 5.82. The molecule has 1 aromatic carbocycles. The number of carbonyl (C=O) groups is 1. The highest BCUT2D eigenvalue weighted by molar-refractivity contribution is 6.32. The molecule has 0 unspecified atom stereocenters. The van der Waals surface area contributed by atoms with Crippen molar-refractivity contribution in [1.29, 1.82) is 0 Å². The molecule has 1 aromatic heterocycles. The van der Waals surface area contributed by atoms with Gasteiger partial charge in [0.25, 0.3) is 0 Å². The van der Waals surface area contributed by atoms with E-state index < -0.39 is 11.4 Å². The van der Waals surface area contributed by atoms with Crippen LogP contribution in [0, 0.1) is 0 Å². The second kappa shape index (κ2) is 6.24. The van der Waals surface area contributed by atoms with Crippen molar-refractivity contribution in [3.05, 3.63) is 39.1 Å². The number of unbranched alkanes of at least 4 members (excludes halogenated alkanes) is 1. The van der Waals surface area contributed by atoms with Crippen LogP contribution in [0.4, 0.5) is 0 Å². The Morgan fingerprint density at radius 1 is 1.43 bits per heavy atom. The van der Waals surface area contributed by atoms with Gasteiger partial charge < -0.3 is 14.4 Å². The van der Waals surface area contributed by atoms with Crippen molar-refractivity contribution in [3.63, 3.8) is 0 Å². The molecule has 0 bridgehead atoms. The number of carboxylic acid groups (broad SMARTS) is 1. The van der Waals surface area contributed by atoms with E-state index in [0.29, 0.717) is 28.3 Å². The molecule has 0 aliphatic heterocycles. The van der Waals surface area contributed by atoms with Crippen LogP contribution >= 0.6 is 11.6 Å². The van der Waals surface area contributed by atoms with Crippen molar-refractivity contribution in [2.45, 2.75) is 38.6 Å². The van der Waals surface area contributed by atoms with E-state index in [1.54, 1.807) is 6.07 Å². The zero-order chi connectivity index (χ0) is 16.6. The van der Waals surface area contributed by atoms with Gasteiger partial charge in [-0.3, -0.25) is 4.79 Å². The molecule has 0 saturated heterocycles. The minimum Gasteiger partial charge on any atom is -0.492 e. The molecule has 0 amide bonds. The maximum Gasteiger partial charge on any atom is 0.341 e. The quantitative estimate of drug-likeness (QED) is 0.814. The first kappa shape index (κ1) is 15.9. The van der Waals surface area contributed by atoms with E-state index in [1.165, 1.54) is 12.3 Å². The van der Waals surface area contributed by atoms with E-state index in [-0.39, 0.29) is 11.6 Å². The van der Waals surface area contributed by atoms with Crippen LogP contribution in [0.15, 0.2) is 23.1 Å². The third-order valence-corrected chi connectivity index (χ3v) is 4.31. The van der Waals surface area contributed by atoms with Gasteiger partial charge in [-0.25, -0.2) is 4.79 Å². The Kier molecular flexibility index (Phi) is 4.31. The second-order valence-corrected chi connectivity index (χ2v) is 6.22. The van der Waals surface area contributed by atoms with Crippen LogP contribution < -0.4 is 10.2 Å². The van der Waals surface area contributed by atoms with Gasteiger partial charge in [-0.15, -0.1) is 0 Å². The number of ether oxygens (including phenoxy) is 1. The molecule has 23 heavy (non-hydrogen) atoms. The van der Waals surface area contributed by atoms with Gasteiger partial charge in [0.2, 0.25) is 5.43 Å². The molecule has 122 valence electrons. The first-order chi connectivity index (χ1) is 11.0. The van der Waals surface area contributed by atoms with Gasteiger partial charge >= 0.3 is 5.97 Å². The Balaban J connectivity index is 2.17. The van der Waals surface area contributed by atoms with Crippen molar-refractivity contribution < 1.29 is 14.6 Å². The van der Waals surface area contributed by atoms with Crippen LogP contribution in [0.25, 0.3) is 10.9 Å². The summed E-state index contributed by atoms with van der Waals surface area (Å²) in [5.74, 6) is -0.685. The summed E-state index contributed by atoms with van der Waals surface area (Å²) >= 11 is 6.21. The summed E-state index contributed by atoms with van der Waals surface area (Å²) in [6.07, 6.45) is 5.33. The maximum atomic E-state index is 12.4. The van der Waals surface area contributed by atoms with Crippen molar-refractivity contribution in [1.82, 2.24) is 4.57 Å². The number of benzene rings is 1. The number of aromatic nitrogens is 1. The summed E-state index contributed by atoms with van der Waals surface area (Å²) in [6, 6.07) is 3.51. The molecule has 1 fully saturated rings. The summed E-state index contributed by atoms with van der Waals surface area (Å²) in [5, 5.41) is 9.90. The van der Waals surface area contributed by atoms with Crippen LogP contribution in [0.1, 0.15) is 49.0 Å². The van der Waals surface area contributed by atoms with Crippen LogP contribution in [0.2, 0.25) is 5.02 Å². The summed E-state index contributed by atoms with van der Waals surface area (Å²) < 4.78 is 7.56. The average Bonchev–Trinajstić information content (AvgIpc) is 3.33. The molecule has 0 spiro atoms. The molecular formula is C17H18ClNO4. The lowest BCUT2D eigenvalue weighted by molar-refractivity contribution is 0.0695. The number of nitrogens with zero attached hydrogens (tertiary/aromatic N) is 1. The molecule has 1 aliphatic carbocycles. The van der Waals surface area contributed by atoms with Gasteiger partial charge in [0, 0.05) is 23.7 Å². The summed E-state index contributed by atoms with van der Waals surface area (Å²) in [4.78, 5) is 23.7. The van der Waals surface area contributed by atoms with E-state index >= 15 is 0 Å². The first-order valence-electron chi connectivity index (χ1n) is 7.77. The molecule has 0 atom stereocenters. The molecule has 1 saturated carbocycles.